The molecule has 0 bridgehead atoms. The third kappa shape index (κ3) is 2.20. The zero-order chi connectivity index (χ0) is 15.1. The minimum absolute atomic E-state index is 0.135. The monoisotopic (exact) mass is 296 g/mol. The molecule has 22 heavy (non-hydrogen) atoms. The maximum Gasteiger partial charge on any atom is 0.170 e. The maximum absolute atomic E-state index is 12.9. The van der Waals surface area contributed by atoms with E-state index in [-0.39, 0.29) is 12.0 Å². The topological polar surface area (TPSA) is 26.3 Å². The molecule has 1 aromatic rings. The van der Waals surface area contributed by atoms with Crippen molar-refractivity contribution in [1.29, 1.82) is 0 Å². The van der Waals surface area contributed by atoms with Crippen LogP contribution in [0.4, 0.5) is 0 Å². The van der Waals surface area contributed by atoms with Crippen LogP contribution in [0.1, 0.15) is 72.3 Å². The molecule has 0 heterocycles. The van der Waals surface area contributed by atoms with Crippen LogP contribution >= 0.6 is 0 Å². The molecule has 0 aromatic heterocycles. The maximum atomic E-state index is 12.9. The van der Waals surface area contributed by atoms with Crippen molar-refractivity contribution in [3.8, 4) is 5.75 Å². The minimum Gasteiger partial charge on any atom is -0.486 e. The number of carbonyl (C=O) groups is 1. The Morgan fingerprint density at radius 1 is 1.05 bits per heavy atom. The van der Waals surface area contributed by atoms with Crippen molar-refractivity contribution in [3.63, 3.8) is 0 Å². The van der Waals surface area contributed by atoms with E-state index < -0.39 is 0 Å². The average molecular weight is 296 g/mol. The van der Waals surface area contributed by atoms with E-state index in [9.17, 15) is 4.79 Å². The minimum atomic E-state index is 0.135. The van der Waals surface area contributed by atoms with E-state index in [4.69, 9.17) is 4.74 Å². The van der Waals surface area contributed by atoms with E-state index >= 15 is 0 Å². The van der Waals surface area contributed by atoms with Crippen LogP contribution in [0.5, 0.6) is 5.75 Å². The number of aryl methyl sites for hydroxylation is 1. The van der Waals surface area contributed by atoms with Gasteiger partial charge in [0.25, 0.3) is 0 Å². The number of Topliss-reactive ketones (excluding diaryl/α,β-unsaturated/α-hetero) is 1. The molecular formula is C20H24O2. The Morgan fingerprint density at radius 3 is 2.64 bits per heavy atom. The summed E-state index contributed by atoms with van der Waals surface area (Å²) in [6, 6.07) is 4.16. The molecule has 0 amide bonds. The van der Waals surface area contributed by atoms with Gasteiger partial charge in [-0.15, -0.1) is 0 Å². The lowest BCUT2D eigenvalue weighted by atomic mass is 9.78. The number of ether oxygens (including phenoxy) is 1. The van der Waals surface area contributed by atoms with Crippen LogP contribution in [0.2, 0.25) is 0 Å². The molecule has 0 aliphatic heterocycles. The highest BCUT2D eigenvalue weighted by molar-refractivity contribution is 6.06. The fraction of sp³-hybridized carbons (Fsp3) is 0.550. The fourth-order valence-electron chi connectivity index (χ4n) is 4.55. The number of allylic oxidation sites excluding steroid dienone is 1. The molecule has 3 aliphatic carbocycles. The van der Waals surface area contributed by atoms with E-state index in [1.807, 2.05) is 6.07 Å². The van der Waals surface area contributed by atoms with Crippen LogP contribution in [-0.4, -0.2) is 11.9 Å². The number of ketones is 1. The van der Waals surface area contributed by atoms with Gasteiger partial charge < -0.3 is 4.74 Å². The Balaban J connectivity index is 1.73. The summed E-state index contributed by atoms with van der Waals surface area (Å²) in [5.41, 5.74) is 3.48. The predicted octanol–water partition coefficient (Wildman–Crippen LogP) is 4.95. The number of benzene rings is 1. The van der Waals surface area contributed by atoms with E-state index in [2.05, 4.69) is 25.1 Å². The first-order valence-corrected chi connectivity index (χ1v) is 8.76. The molecule has 1 saturated carbocycles. The van der Waals surface area contributed by atoms with Crippen molar-refractivity contribution in [1.82, 2.24) is 0 Å². The Kier molecular flexibility index (Phi) is 3.56. The summed E-state index contributed by atoms with van der Waals surface area (Å²) in [5.74, 6) is 1.84. The van der Waals surface area contributed by atoms with Crippen LogP contribution in [0.15, 0.2) is 24.3 Å². The highest BCUT2D eigenvalue weighted by Crippen LogP contribution is 2.50. The first-order chi connectivity index (χ1) is 10.8. The zero-order valence-corrected chi connectivity index (χ0v) is 13.3. The van der Waals surface area contributed by atoms with E-state index in [0.717, 1.165) is 37.0 Å². The van der Waals surface area contributed by atoms with Gasteiger partial charge in [-0.2, -0.15) is 0 Å². The molecule has 2 heteroatoms. The van der Waals surface area contributed by atoms with Crippen LogP contribution in [0.3, 0.4) is 0 Å². The molecule has 3 unspecified atom stereocenters. The van der Waals surface area contributed by atoms with E-state index in [0.29, 0.717) is 11.7 Å². The quantitative estimate of drug-likeness (QED) is 0.722. The smallest absolute Gasteiger partial charge is 0.170 e. The highest BCUT2D eigenvalue weighted by atomic mass is 16.5. The summed E-state index contributed by atoms with van der Waals surface area (Å²) in [5, 5.41) is 0. The molecule has 4 rings (SSSR count). The van der Waals surface area contributed by atoms with Gasteiger partial charge >= 0.3 is 0 Å². The summed E-state index contributed by atoms with van der Waals surface area (Å²) < 4.78 is 6.22. The summed E-state index contributed by atoms with van der Waals surface area (Å²) in [6.07, 6.45) is 12.5. The van der Waals surface area contributed by atoms with Gasteiger partial charge in [0.05, 0.1) is 5.56 Å². The van der Waals surface area contributed by atoms with Crippen LogP contribution in [-0.2, 0) is 0 Å². The number of fused-ring (bicyclic) bond motifs is 3. The van der Waals surface area contributed by atoms with Gasteiger partial charge in [-0.1, -0.05) is 25.0 Å². The molecule has 1 fully saturated rings. The first-order valence-electron chi connectivity index (χ1n) is 8.76. The lowest BCUT2D eigenvalue weighted by Crippen LogP contribution is -2.19. The summed E-state index contributed by atoms with van der Waals surface area (Å²) >= 11 is 0. The molecule has 1 aromatic carbocycles. The van der Waals surface area contributed by atoms with Crippen molar-refractivity contribution in [2.24, 2.45) is 5.92 Å². The van der Waals surface area contributed by atoms with Crippen LogP contribution in [0, 0.1) is 12.8 Å². The van der Waals surface area contributed by atoms with Crippen molar-refractivity contribution < 1.29 is 9.53 Å². The van der Waals surface area contributed by atoms with Gasteiger partial charge in [0.1, 0.15) is 11.9 Å². The lowest BCUT2D eigenvalue weighted by Gasteiger charge is -2.25. The number of rotatable bonds is 2. The Hall–Kier alpha value is -1.57. The summed E-state index contributed by atoms with van der Waals surface area (Å²) in [4.78, 5) is 12.9. The normalized spacial score (nSPS) is 30.0. The Labute approximate surface area is 132 Å². The van der Waals surface area contributed by atoms with Gasteiger partial charge in [-0.05, 0) is 68.2 Å². The number of hydrogen-bond donors (Lipinski definition) is 0. The highest BCUT2D eigenvalue weighted by Gasteiger charge is 2.43. The largest absolute Gasteiger partial charge is 0.486 e. The van der Waals surface area contributed by atoms with Gasteiger partial charge in [0.15, 0.2) is 5.78 Å². The Bertz CT molecular complexity index is 629. The molecule has 0 N–H and O–H groups in total. The van der Waals surface area contributed by atoms with Gasteiger partial charge in [-0.3, -0.25) is 4.79 Å². The molecule has 0 radical (unpaired) electrons. The van der Waals surface area contributed by atoms with Crippen LogP contribution < -0.4 is 4.74 Å². The van der Waals surface area contributed by atoms with E-state index in [1.54, 1.807) is 0 Å². The molecule has 0 saturated heterocycles. The summed E-state index contributed by atoms with van der Waals surface area (Å²) in [6.45, 7) is 2.15. The molecule has 3 atom stereocenters. The third-order valence-electron chi connectivity index (χ3n) is 5.63. The standard InChI is InChI=1S/C20H24O2/c1-13-11-12-17(22-14-7-3-2-4-8-14)19-18(13)15-9-5-6-10-16(15)20(19)21/h3,7,11-12,14-16H,2,4-6,8-10H2,1H3. The molecule has 3 aliphatic rings. The van der Waals surface area contributed by atoms with E-state index in [1.165, 1.54) is 30.4 Å². The molecule has 2 nitrogen and oxygen atoms in total. The summed E-state index contributed by atoms with van der Waals surface area (Å²) in [7, 11) is 0. The van der Waals surface area contributed by atoms with Crippen LogP contribution in [0.25, 0.3) is 0 Å². The van der Waals surface area contributed by atoms with Gasteiger partial charge in [-0.25, -0.2) is 0 Å². The van der Waals surface area contributed by atoms with Crippen molar-refractivity contribution in [2.45, 2.75) is 63.9 Å². The van der Waals surface area contributed by atoms with Crippen molar-refractivity contribution >= 4 is 5.78 Å². The predicted molar refractivity (Wildman–Crippen MR) is 87.6 cm³/mol. The number of hydrogen-bond acceptors (Lipinski definition) is 2. The zero-order valence-electron chi connectivity index (χ0n) is 13.3. The second-order valence-electron chi connectivity index (χ2n) is 7.05. The SMILES string of the molecule is Cc1ccc(OC2C=CCCC2)c2c1C1CCCCC1C2=O. The first kappa shape index (κ1) is 14.0. The fourth-order valence-corrected chi connectivity index (χ4v) is 4.55. The second-order valence-corrected chi connectivity index (χ2v) is 7.05. The molecule has 0 spiro atoms. The second kappa shape index (κ2) is 5.57. The molecule has 116 valence electrons. The van der Waals surface area contributed by atoms with Crippen molar-refractivity contribution in [3.05, 3.63) is 41.0 Å². The Morgan fingerprint density at radius 2 is 1.86 bits per heavy atom. The van der Waals surface area contributed by atoms with Crippen molar-refractivity contribution in [2.75, 3.05) is 0 Å². The number of carbonyl (C=O) groups excluding carboxylic acids is 1. The molecular weight excluding hydrogens is 272 g/mol. The average Bonchev–Trinajstić information content (AvgIpc) is 2.86. The third-order valence-corrected chi connectivity index (χ3v) is 5.63. The van der Waals surface area contributed by atoms with Gasteiger partial charge in [0, 0.05) is 5.92 Å². The lowest BCUT2D eigenvalue weighted by molar-refractivity contribution is 0.0893. The van der Waals surface area contributed by atoms with Gasteiger partial charge in [0.2, 0.25) is 0 Å².